The number of fused-ring (bicyclic) bond motifs is 1. The fraction of sp³-hybridized carbons (Fsp3) is 0.619. The van der Waals surface area contributed by atoms with E-state index in [1.54, 1.807) is 0 Å². The van der Waals surface area contributed by atoms with Gasteiger partial charge in [0.15, 0.2) is 0 Å². The van der Waals surface area contributed by atoms with E-state index in [2.05, 4.69) is 20.4 Å². The van der Waals surface area contributed by atoms with E-state index in [1.807, 2.05) is 31.2 Å². The maximum atomic E-state index is 12.6. The van der Waals surface area contributed by atoms with E-state index in [9.17, 15) is 9.59 Å². The van der Waals surface area contributed by atoms with E-state index in [1.165, 1.54) is 0 Å². The highest BCUT2D eigenvalue weighted by Gasteiger charge is 2.30. The molecule has 1 saturated heterocycles. The summed E-state index contributed by atoms with van der Waals surface area (Å²) in [5.74, 6) is 1.05. The average Bonchev–Trinajstić information content (AvgIpc) is 3.52. The van der Waals surface area contributed by atoms with E-state index in [4.69, 9.17) is 4.74 Å². The highest BCUT2D eigenvalue weighted by molar-refractivity contribution is 5.82. The van der Waals surface area contributed by atoms with Gasteiger partial charge in [0, 0.05) is 44.2 Å². The summed E-state index contributed by atoms with van der Waals surface area (Å²) < 4.78 is 5.67. The fourth-order valence-electron chi connectivity index (χ4n) is 3.96. The molecule has 1 aromatic rings. The van der Waals surface area contributed by atoms with Crippen molar-refractivity contribution >= 4 is 11.8 Å². The number of ether oxygens (including phenoxy) is 1. The van der Waals surface area contributed by atoms with Crippen molar-refractivity contribution in [2.45, 2.75) is 44.3 Å². The first-order valence-electron chi connectivity index (χ1n) is 10.4. The molecule has 2 atom stereocenters. The number of amides is 2. The van der Waals surface area contributed by atoms with Gasteiger partial charge < -0.3 is 15.4 Å². The number of hydrogen-bond acceptors (Lipinski definition) is 5. The predicted octanol–water partition coefficient (Wildman–Crippen LogP) is 0.911. The second-order valence-corrected chi connectivity index (χ2v) is 8.07. The molecule has 7 heteroatoms. The normalized spacial score (nSPS) is 24.0. The van der Waals surface area contributed by atoms with Crippen LogP contribution in [0.1, 0.15) is 37.8 Å². The Labute approximate surface area is 166 Å². The zero-order valence-electron chi connectivity index (χ0n) is 16.5. The van der Waals surface area contributed by atoms with E-state index < -0.39 is 0 Å². The molecule has 0 radical (unpaired) electrons. The van der Waals surface area contributed by atoms with Crippen LogP contribution in [0.4, 0.5) is 0 Å². The molecule has 1 saturated carbocycles. The molecule has 0 aromatic heterocycles. The number of carbonyl (C=O) groups is 2. The minimum atomic E-state index is -0.102. The summed E-state index contributed by atoms with van der Waals surface area (Å²) in [4.78, 5) is 29.2. The predicted molar refractivity (Wildman–Crippen MR) is 106 cm³/mol. The minimum absolute atomic E-state index is 0.0184. The van der Waals surface area contributed by atoms with Crippen molar-refractivity contribution in [3.05, 3.63) is 29.8 Å². The molecule has 28 heavy (non-hydrogen) atoms. The van der Waals surface area contributed by atoms with Gasteiger partial charge in [-0.15, -0.1) is 0 Å². The van der Waals surface area contributed by atoms with Gasteiger partial charge in [0.05, 0.1) is 25.2 Å². The highest BCUT2D eigenvalue weighted by Crippen LogP contribution is 2.31. The third-order valence-electron chi connectivity index (χ3n) is 5.92. The zero-order chi connectivity index (χ0) is 19.5. The number of carbonyl (C=O) groups excluding carboxylic acids is 2. The van der Waals surface area contributed by atoms with Crippen LogP contribution in [0.15, 0.2) is 24.3 Å². The average molecular weight is 386 g/mol. The molecule has 152 valence electrons. The molecule has 1 aromatic carbocycles. The first-order chi connectivity index (χ1) is 13.6. The topological polar surface area (TPSA) is 73.9 Å². The molecule has 2 aliphatic heterocycles. The Morgan fingerprint density at radius 1 is 1.11 bits per heavy atom. The van der Waals surface area contributed by atoms with Crippen LogP contribution in [0.3, 0.4) is 0 Å². The van der Waals surface area contributed by atoms with Gasteiger partial charge in [0.25, 0.3) is 0 Å². The summed E-state index contributed by atoms with van der Waals surface area (Å²) in [6.07, 6.45) is 3.02. The van der Waals surface area contributed by atoms with Crippen LogP contribution in [0.2, 0.25) is 0 Å². The van der Waals surface area contributed by atoms with Crippen molar-refractivity contribution in [2.75, 3.05) is 39.3 Å². The summed E-state index contributed by atoms with van der Waals surface area (Å²) in [6, 6.07) is 8.22. The lowest BCUT2D eigenvalue weighted by molar-refractivity contribution is -0.128. The monoisotopic (exact) mass is 386 g/mol. The Bertz CT molecular complexity index is 713. The molecule has 2 N–H and O–H groups in total. The second kappa shape index (κ2) is 8.49. The van der Waals surface area contributed by atoms with Gasteiger partial charge in [0.1, 0.15) is 5.75 Å². The van der Waals surface area contributed by atoms with E-state index >= 15 is 0 Å². The van der Waals surface area contributed by atoms with Gasteiger partial charge in [-0.1, -0.05) is 18.2 Å². The third kappa shape index (κ3) is 4.64. The number of benzene rings is 1. The van der Waals surface area contributed by atoms with Crippen molar-refractivity contribution in [1.82, 2.24) is 20.4 Å². The Kier molecular flexibility index (Phi) is 5.82. The van der Waals surface area contributed by atoms with Crippen molar-refractivity contribution < 1.29 is 14.3 Å². The Morgan fingerprint density at radius 3 is 2.61 bits per heavy atom. The fourth-order valence-corrected chi connectivity index (χ4v) is 3.96. The SMILES string of the molecule is C[C@H](C(=O)NC1CC1)N1CCN(CC(=O)N[C@@H]2CCOc3ccccc32)CC1. The van der Waals surface area contributed by atoms with Crippen LogP contribution in [0, 0.1) is 0 Å². The van der Waals surface area contributed by atoms with Crippen LogP contribution in [-0.2, 0) is 9.59 Å². The van der Waals surface area contributed by atoms with Crippen LogP contribution >= 0.6 is 0 Å². The summed E-state index contributed by atoms with van der Waals surface area (Å²) >= 11 is 0. The lowest BCUT2D eigenvalue weighted by atomic mass is 10.0. The van der Waals surface area contributed by atoms with Crippen LogP contribution in [-0.4, -0.2) is 73.0 Å². The van der Waals surface area contributed by atoms with E-state index in [0.717, 1.165) is 56.8 Å². The summed E-state index contributed by atoms with van der Waals surface area (Å²) in [7, 11) is 0. The van der Waals surface area contributed by atoms with E-state index in [0.29, 0.717) is 19.2 Å². The summed E-state index contributed by atoms with van der Waals surface area (Å²) in [6.45, 7) is 6.23. The maximum Gasteiger partial charge on any atom is 0.237 e. The number of hydrogen-bond donors (Lipinski definition) is 2. The molecule has 7 nitrogen and oxygen atoms in total. The first kappa shape index (κ1) is 19.2. The number of para-hydroxylation sites is 1. The molecule has 2 amide bonds. The highest BCUT2D eigenvalue weighted by atomic mass is 16.5. The van der Waals surface area contributed by atoms with Gasteiger partial charge in [-0.25, -0.2) is 0 Å². The lowest BCUT2D eigenvalue weighted by Gasteiger charge is -2.37. The number of nitrogens with zero attached hydrogens (tertiary/aromatic N) is 2. The van der Waals surface area contributed by atoms with Gasteiger partial charge in [0.2, 0.25) is 11.8 Å². The number of nitrogens with one attached hydrogen (secondary N) is 2. The molecule has 0 bridgehead atoms. The molecule has 1 aliphatic carbocycles. The Hall–Kier alpha value is -2.12. The molecular weight excluding hydrogens is 356 g/mol. The summed E-state index contributed by atoms with van der Waals surface area (Å²) in [5, 5.41) is 6.24. The van der Waals surface area contributed by atoms with Crippen LogP contribution in [0.25, 0.3) is 0 Å². The standard InChI is InChI=1S/C21H30N4O3/c1-15(21(27)22-16-6-7-16)25-11-9-24(10-12-25)14-20(26)23-18-8-13-28-19-5-3-2-4-17(18)19/h2-5,15-16,18H,6-14H2,1H3,(H,22,27)(H,23,26)/t15-,18-/m1/s1. The summed E-state index contributed by atoms with van der Waals surface area (Å²) in [5.41, 5.74) is 1.06. The van der Waals surface area contributed by atoms with E-state index in [-0.39, 0.29) is 23.9 Å². The molecule has 2 fully saturated rings. The van der Waals surface area contributed by atoms with Crippen molar-refractivity contribution in [3.63, 3.8) is 0 Å². The largest absolute Gasteiger partial charge is 0.493 e. The van der Waals surface area contributed by atoms with Gasteiger partial charge in [-0.2, -0.15) is 0 Å². The first-order valence-corrected chi connectivity index (χ1v) is 10.4. The van der Waals surface area contributed by atoms with Crippen molar-refractivity contribution in [1.29, 1.82) is 0 Å². The van der Waals surface area contributed by atoms with Crippen LogP contribution < -0.4 is 15.4 Å². The smallest absolute Gasteiger partial charge is 0.237 e. The Balaban J connectivity index is 1.23. The maximum absolute atomic E-state index is 12.6. The molecule has 2 heterocycles. The quantitative estimate of drug-likeness (QED) is 0.760. The van der Waals surface area contributed by atoms with Gasteiger partial charge in [-0.05, 0) is 25.8 Å². The third-order valence-corrected chi connectivity index (χ3v) is 5.92. The Morgan fingerprint density at radius 2 is 1.86 bits per heavy atom. The number of rotatable bonds is 6. The van der Waals surface area contributed by atoms with Crippen molar-refractivity contribution in [3.8, 4) is 5.75 Å². The molecule has 3 aliphatic rings. The number of piperazine rings is 1. The molecule has 0 spiro atoms. The molecule has 0 unspecified atom stereocenters. The second-order valence-electron chi connectivity index (χ2n) is 8.07. The minimum Gasteiger partial charge on any atom is -0.493 e. The van der Waals surface area contributed by atoms with Gasteiger partial charge in [-0.3, -0.25) is 19.4 Å². The molecule has 4 rings (SSSR count). The van der Waals surface area contributed by atoms with Crippen molar-refractivity contribution in [2.24, 2.45) is 0 Å². The molecular formula is C21H30N4O3. The lowest BCUT2D eigenvalue weighted by Crippen LogP contribution is -2.55. The zero-order valence-corrected chi connectivity index (χ0v) is 16.5. The van der Waals surface area contributed by atoms with Crippen LogP contribution in [0.5, 0.6) is 5.75 Å². The van der Waals surface area contributed by atoms with Gasteiger partial charge >= 0.3 is 0 Å².